The van der Waals surface area contributed by atoms with Crippen LogP contribution in [-0.2, 0) is 0 Å². The van der Waals surface area contributed by atoms with Crippen molar-refractivity contribution in [1.82, 2.24) is 9.88 Å². The maximum atomic E-state index is 12.1. The van der Waals surface area contributed by atoms with Crippen LogP contribution in [0.4, 0.5) is 0 Å². The number of hydrogen-bond donors (Lipinski definition) is 0. The highest BCUT2D eigenvalue weighted by Gasteiger charge is 2.22. The smallest absolute Gasteiger partial charge is 0.272 e. The molecule has 1 fully saturated rings. The van der Waals surface area contributed by atoms with Crippen LogP contribution in [-0.4, -0.2) is 28.9 Å². The number of pyridine rings is 1. The molecule has 1 aromatic heterocycles. The second kappa shape index (κ2) is 4.83. The molecule has 86 valence electrons. The predicted molar refractivity (Wildman–Crippen MR) is 63.5 cm³/mol. The number of piperidine rings is 1. The van der Waals surface area contributed by atoms with Crippen LogP contribution in [0.25, 0.3) is 0 Å². The highest BCUT2D eigenvalue weighted by molar-refractivity contribution is 6.30. The van der Waals surface area contributed by atoms with Gasteiger partial charge < -0.3 is 4.90 Å². The summed E-state index contributed by atoms with van der Waals surface area (Å²) in [7, 11) is 0. The summed E-state index contributed by atoms with van der Waals surface area (Å²) in [6.07, 6.45) is 3.72. The van der Waals surface area contributed by atoms with Gasteiger partial charge in [0.25, 0.3) is 5.91 Å². The number of likely N-dealkylation sites (tertiary alicyclic amines) is 1. The second-order valence-electron chi connectivity index (χ2n) is 4.33. The van der Waals surface area contributed by atoms with Gasteiger partial charge in [0.05, 0.1) is 0 Å². The molecule has 4 heteroatoms. The molecule has 0 atom stereocenters. The summed E-state index contributed by atoms with van der Waals surface area (Å²) < 4.78 is 0. The molecule has 0 aliphatic carbocycles. The zero-order chi connectivity index (χ0) is 11.5. The summed E-state index contributed by atoms with van der Waals surface area (Å²) in [5, 5.41) is 0.559. The fourth-order valence-corrected chi connectivity index (χ4v) is 2.06. The maximum absolute atomic E-state index is 12.1. The molecule has 0 unspecified atom stereocenters. The highest BCUT2D eigenvalue weighted by Crippen LogP contribution is 2.18. The Morgan fingerprint density at radius 3 is 2.81 bits per heavy atom. The van der Waals surface area contributed by atoms with Crippen molar-refractivity contribution in [2.75, 3.05) is 13.1 Å². The lowest BCUT2D eigenvalue weighted by Gasteiger charge is -2.30. The zero-order valence-electron chi connectivity index (χ0n) is 9.32. The normalized spacial score (nSPS) is 17.5. The van der Waals surface area contributed by atoms with Crippen molar-refractivity contribution in [3.63, 3.8) is 0 Å². The van der Waals surface area contributed by atoms with Gasteiger partial charge in [0.2, 0.25) is 0 Å². The van der Waals surface area contributed by atoms with Crippen molar-refractivity contribution in [2.45, 2.75) is 19.8 Å². The summed E-state index contributed by atoms with van der Waals surface area (Å²) in [4.78, 5) is 18.0. The lowest BCUT2D eigenvalue weighted by molar-refractivity contribution is 0.0691. The summed E-state index contributed by atoms with van der Waals surface area (Å²) in [6, 6.07) is 3.30. The minimum Gasteiger partial charge on any atom is -0.337 e. The molecule has 0 aromatic carbocycles. The van der Waals surface area contributed by atoms with Crippen molar-refractivity contribution >= 4 is 17.5 Å². The molecule has 2 rings (SSSR count). The van der Waals surface area contributed by atoms with E-state index in [1.165, 1.54) is 0 Å². The number of nitrogens with zero attached hydrogens (tertiary/aromatic N) is 2. The number of amides is 1. The largest absolute Gasteiger partial charge is 0.337 e. The number of hydrogen-bond acceptors (Lipinski definition) is 2. The van der Waals surface area contributed by atoms with Gasteiger partial charge in [0.15, 0.2) is 0 Å². The third kappa shape index (κ3) is 2.53. The molecule has 1 amide bonds. The fraction of sp³-hybridized carbons (Fsp3) is 0.500. The standard InChI is InChI=1S/C12H15ClN2O/c1-9-3-6-15(7-4-9)12(16)11-8-10(13)2-5-14-11/h2,5,8-9H,3-4,6-7H2,1H3. The fourth-order valence-electron chi connectivity index (χ4n) is 1.90. The van der Waals surface area contributed by atoms with E-state index in [9.17, 15) is 4.79 Å². The van der Waals surface area contributed by atoms with Crippen molar-refractivity contribution in [3.05, 3.63) is 29.0 Å². The van der Waals surface area contributed by atoms with Gasteiger partial charge in [0, 0.05) is 24.3 Å². The number of halogens is 1. The SMILES string of the molecule is CC1CCN(C(=O)c2cc(Cl)ccn2)CC1. The topological polar surface area (TPSA) is 33.2 Å². The molecule has 1 aromatic rings. The highest BCUT2D eigenvalue weighted by atomic mass is 35.5. The van der Waals surface area contributed by atoms with E-state index >= 15 is 0 Å². The lowest BCUT2D eigenvalue weighted by atomic mass is 9.99. The summed E-state index contributed by atoms with van der Waals surface area (Å²) in [5.41, 5.74) is 0.446. The minimum absolute atomic E-state index is 0.00519. The van der Waals surface area contributed by atoms with Crippen molar-refractivity contribution in [3.8, 4) is 0 Å². The van der Waals surface area contributed by atoms with Gasteiger partial charge in [-0.25, -0.2) is 0 Å². The van der Waals surface area contributed by atoms with Gasteiger partial charge in [-0.15, -0.1) is 0 Å². The number of rotatable bonds is 1. The zero-order valence-corrected chi connectivity index (χ0v) is 10.1. The quantitative estimate of drug-likeness (QED) is 0.754. The van der Waals surface area contributed by atoms with Crippen LogP contribution in [0.2, 0.25) is 5.02 Å². The van der Waals surface area contributed by atoms with Gasteiger partial charge in [-0.1, -0.05) is 18.5 Å². The van der Waals surface area contributed by atoms with Gasteiger partial charge >= 0.3 is 0 Å². The van der Waals surface area contributed by atoms with Crippen LogP contribution in [0, 0.1) is 5.92 Å². The molecule has 1 aliphatic heterocycles. The van der Waals surface area contributed by atoms with Crippen LogP contribution in [0.3, 0.4) is 0 Å². The van der Waals surface area contributed by atoms with Gasteiger partial charge in [-0.2, -0.15) is 0 Å². The summed E-state index contributed by atoms with van der Waals surface area (Å²) >= 11 is 5.84. The first kappa shape index (κ1) is 11.4. The van der Waals surface area contributed by atoms with E-state index in [2.05, 4.69) is 11.9 Å². The Morgan fingerprint density at radius 1 is 1.50 bits per heavy atom. The number of carbonyl (C=O) groups is 1. The van der Waals surface area contributed by atoms with Crippen molar-refractivity contribution in [1.29, 1.82) is 0 Å². The predicted octanol–water partition coefficient (Wildman–Crippen LogP) is 2.61. The summed E-state index contributed by atoms with van der Waals surface area (Å²) in [6.45, 7) is 3.88. The molecular weight excluding hydrogens is 224 g/mol. The average molecular weight is 239 g/mol. The molecule has 1 aliphatic rings. The van der Waals surface area contributed by atoms with E-state index in [4.69, 9.17) is 11.6 Å². The van der Waals surface area contributed by atoms with Gasteiger partial charge in [-0.05, 0) is 30.9 Å². The van der Waals surface area contributed by atoms with Gasteiger partial charge in [0.1, 0.15) is 5.69 Å². The first-order chi connectivity index (χ1) is 7.66. The van der Waals surface area contributed by atoms with Crippen LogP contribution >= 0.6 is 11.6 Å². The van der Waals surface area contributed by atoms with E-state index in [0.29, 0.717) is 10.7 Å². The van der Waals surface area contributed by atoms with Gasteiger partial charge in [-0.3, -0.25) is 9.78 Å². The molecule has 0 spiro atoms. The third-order valence-corrected chi connectivity index (χ3v) is 3.25. The first-order valence-electron chi connectivity index (χ1n) is 5.57. The average Bonchev–Trinajstić information content (AvgIpc) is 2.29. The maximum Gasteiger partial charge on any atom is 0.272 e. The van der Waals surface area contributed by atoms with E-state index in [-0.39, 0.29) is 5.91 Å². The van der Waals surface area contributed by atoms with E-state index in [0.717, 1.165) is 31.8 Å². The Labute approximate surface area is 100 Å². The Hall–Kier alpha value is -1.09. The second-order valence-corrected chi connectivity index (χ2v) is 4.77. The Balaban J connectivity index is 2.08. The molecule has 2 heterocycles. The van der Waals surface area contributed by atoms with Crippen LogP contribution in [0.1, 0.15) is 30.3 Å². The molecule has 3 nitrogen and oxygen atoms in total. The molecular formula is C12H15ClN2O. The monoisotopic (exact) mass is 238 g/mol. The van der Waals surface area contributed by atoms with Crippen molar-refractivity contribution in [2.24, 2.45) is 5.92 Å². The number of aromatic nitrogens is 1. The molecule has 1 saturated heterocycles. The Bertz CT molecular complexity index is 386. The minimum atomic E-state index is -0.00519. The van der Waals surface area contributed by atoms with E-state index in [1.807, 2.05) is 4.90 Å². The van der Waals surface area contributed by atoms with E-state index in [1.54, 1.807) is 18.3 Å². The van der Waals surface area contributed by atoms with Crippen LogP contribution < -0.4 is 0 Å². The summed E-state index contributed by atoms with van der Waals surface area (Å²) in [5.74, 6) is 0.714. The van der Waals surface area contributed by atoms with E-state index < -0.39 is 0 Å². The third-order valence-electron chi connectivity index (χ3n) is 3.01. The van der Waals surface area contributed by atoms with Crippen LogP contribution in [0.15, 0.2) is 18.3 Å². The lowest BCUT2D eigenvalue weighted by Crippen LogP contribution is -2.38. The number of carbonyl (C=O) groups excluding carboxylic acids is 1. The Morgan fingerprint density at radius 2 is 2.19 bits per heavy atom. The molecule has 0 saturated carbocycles. The first-order valence-corrected chi connectivity index (χ1v) is 5.95. The Kier molecular flexibility index (Phi) is 3.44. The van der Waals surface area contributed by atoms with Crippen LogP contribution in [0.5, 0.6) is 0 Å². The molecule has 16 heavy (non-hydrogen) atoms. The van der Waals surface area contributed by atoms with Crippen molar-refractivity contribution < 1.29 is 4.79 Å². The molecule has 0 N–H and O–H groups in total. The molecule has 0 bridgehead atoms. The molecule has 0 radical (unpaired) electrons.